The van der Waals surface area contributed by atoms with E-state index in [1.807, 2.05) is 0 Å². The van der Waals surface area contributed by atoms with Gasteiger partial charge in [0.2, 0.25) is 0 Å². The molecule has 0 radical (unpaired) electrons. The highest BCUT2D eigenvalue weighted by molar-refractivity contribution is 5.81. The number of rotatable bonds is 3. The van der Waals surface area contributed by atoms with E-state index < -0.39 is 35.3 Å². The van der Waals surface area contributed by atoms with Gasteiger partial charge in [-0.25, -0.2) is 13.2 Å². The molecule has 0 saturated heterocycles. The third-order valence-corrected chi connectivity index (χ3v) is 3.41. The van der Waals surface area contributed by atoms with Gasteiger partial charge in [0.15, 0.2) is 17.5 Å². The van der Waals surface area contributed by atoms with Crippen LogP contribution in [0.15, 0.2) is 17.1 Å². The maximum absolute atomic E-state index is 13.9. The fraction of sp³-hybridized carbons (Fsp3) is 0.429. The molecule has 0 aliphatic carbocycles. The molecule has 0 bridgehead atoms. The van der Waals surface area contributed by atoms with E-state index in [1.54, 1.807) is 6.92 Å². The number of ether oxygens (including phenoxy) is 1. The Labute approximate surface area is 119 Å². The van der Waals surface area contributed by atoms with E-state index in [0.717, 1.165) is 0 Å². The van der Waals surface area contributed by atoms with Crippen molar-refractivity contribution in [3.8, 4) is 0 Å². The van der Waals surface area contributed by atoms with Crippen LogP contribution in [0.5, 0.6) is 0 Å². The molecule has 0 saturated carbocycles. The van der Waals surface area contributed by atoms with Crippen LogP contribution in [-0.4, -0.2) is 30.1 Å². The van der Waals surface area contributed by atoms with Gasteiger partial charge in [-0.1, -0.05) is 0 Å². The van der Waals surface area contributed by atoms with Crippen molar-refractivity contribution in [1.29, 1.82) is 0 Å². The van der Waals surface area contributed by atoms with E-state index in [2.05, 4.69) is 4.99 Å². The van der Waals surface area contributed by atoms with Gasteiger partial charge in [0.1, 0.15) is 5.82 Å². The average molecular weight is 301 g/mol. The second-order valence-electron chi connectivity index (χ2n) is 4.71. The van der Waals surface area contributed by atoms with Crippen LogP contribution >= 0.6 is 0 Å². The minimum Gasteiger partial charge on any atom is -0.481 e. The minimum atomic E-state index is -1.31. The van der Waals surface area contributed by atoms with Crippen molar-refractivity contribution in [3.63, 3.8) is 0 Å². The van der Waals surface area contributed by atoms with Crippen LogP contribution in [0.4, 0.5) is 13.2 Å². The molecule has 0 aromatic heterocycles. The lowest BCUT2D eigenvalue weighted by Gasteiger charge is -2.28. The molecule has 0 fully saturated rings. The summed E-state index contributed by atoms with van der Waals surface area (Å²) in [6.45, 7) is 1.98. The lowest BCUT2D eigenvalue weighted by Crippen LogP contribution is -2.32. The van der Waals surface area contributed by atoms with Crippen molar-refractivity contribution < 1.29 is 27.8 Å². The van der Waals surface area contributed by atoms with Crippen LogP contribution in [0.25, 0.3) is 0 Å². The molecule has 1 N–H and O–H groups in total. The number of benzene rings is 1. The number of nitrogens with zero attached hydrogens (tertiary/aromatic N) is 1. The minimum absolute atomic E-state index is 0.0345. The molecule has 0 unspecified atom stereocenters. The summed E-state index contributed by atoms with van der Waals surface area (Å²) in [7, 11) is 0. The highest BCUT2D eigenvalue weighted by Crippen LogP contribution is 2.35. The molecular weight excluding hydrogens is 287 g/mol. The number of carboxylic acid groups (broad SMARTS) is 1. The lowest BCUT2D eigenvalue weighted by atomic mass is 9.81. The Hall–Kier alpha value is -2.05. The Balaban J connectivity index is 2.40. The summed E-state index contributed by atoms with van der Waals surface area (Å²) in [4.78, 5) is 15.3. The van der Waals surface area contributed by atoms with Gasteiger partial charge < -0.3 is 9.84 Å². The van der Waals surface area contributed by atoms with E-state index in [4.69, 9.17) is 4.74 Å². The Kier molecular flexibility index (Phi) is 4.50. The van der Waals surface area contributed by atoms with E-state index in [9.17, 15) is 23.1 Å². The first-order chi connectivity index (χ1) is 9.93. The van der Waals surface area contributed by atoms with Crippen LogP contribution in [0.3, 0.4) is 0 Å². The normalized spacial score (nSPS) is 21.8. The molecule has 1 aromatic carbocycles. The monoisotopic (exact) mass is 301 g/mol. The van der Waals surface area contributed by atoms with E-state index in [-0.39, 0.29) is 18.5 Å². The van der Waals surface area contributed by atoms with Gasteiger partial charge in [-0.2, -0.15) is 0 Å². The lowest BCUT2D eigenvalue weighted by molar-refractivity contribution is -0.142. The molecule has 0 spiro atoms. The largest absolute Gasteiger partial charge is 0.481 e. The quantitative estimate of drug-likeness (QED) is 0.873. The molecule has 4 nitrogen and oxygen atoms in total. The maximum atomic E-state index is 13.9. The molecule has 1 heterocycles. The number of carboxylic acids is 1. The van der Waals surface area contributed by atoms with Crippen molar-refractivity contribution in [3.05, 3.63) is 35.1 Å². The molecule has 0 amide bonds. The number of aliphatic carboxylic acids is 1. The van der Waals surface area contributed by atoms with Gasteiger partial charge in [-0.15, -0.1) is 0 Å². The summed E-state index contributed by atoms with van der Waals surface area (Å²) in [5.74, 6) is -6.21. The number of carbonyl (C=O) groups is 1. The molecule has 1 aliphatic rings. The second-order valence-corrected chi connectivity index (χ2v) is 4.71. The molecule has 7 heteroatoms. The van der Waals surface area contributed by atoms with Gasteiger partial charge in [-0.3, -0.25) is 9.79 Å². The van der Waals surface area contributed by atoms with Crippen LogP contribution < -0.4 is 0 Å². The predicted molar refractivity (Wildman–Crippen MR) is 68.7 cm³/mol. The van der Waals surface area contributed by atoms with E-state index >= 15 is 0 Å². The SMILES string of the molecule is CCOC1=NC[C@H](C(=O)O)[C@@H](c2cc(F)c(F)cc2F)C1. The predicted octanol–water partition coefficient (Wildman–Crippen LogP) is 2.73. The summed E-state index contributed by atoms with van der Waals surface area (Å²) in [5, 5.41) is 9.20. The zero-order valence-electron chi connectivity index (χ0n) is 11.3. The topological polar surface area (TPSA) is 58.9 Å². The second kappa shape index (κ2) is 6.15. The number of hydrogen-bond acceptors (Lipinski definition) is 3. The third-order valence-electron chi connectivity index (χ3n) is 3.41. The molecule has 21 heavy (non-hydrogen) atoms. The summed E-state index contributed by atoms with van der Waals surface area (Å²) in [5.41, 5.74) is -0.173. The van der Waals surface area contributed by atoms with Crippen LogP contribution in [0.2, 0.25) is 0 Å². The van der Waals surface area contributed by atoms with Crippen molar-refractivity contribution in [1.82, 2.24) is 0 Å². The zero-order chi connectivity index (χ0) is 15.6. The van der Waals surface area contributed by atoms with Gasteiger partial charge in [-0.05, 0) is 18.6 Å². The van der Waals surface area contributed by atoms with Crippen molar-refractivity contribution in [2.24, 2.45) is 10.9 Å². The highest BCUT2D eigenvalue weighted by Gasteiger charge is 2.36. The van der Waals surface area contributed by atoms with Crippen LogP contribution in [0.1, 0.15) is 24.8 Å². The summed E-state index contributed by atoms with van der Waals surface area (Å²) in [6, 6.07) is 1.13. The Morgan fingerprint density at radius 1 is 1.33 bits per heavy atom. The molecular formula is C14H14F3NO3. The van der Waals surface area contributed by atoms with Gasteiger partial charge in [0.05, 0.1) is 19.1 Å². The Bertz CT molecular complexity index is 589. The molecule has 114 valence electrons. The van der Waals surface area contributed by atoms with E-state index in [1.165, 1.54) is 0 Å². The fourth-order valence-electron chi connectivity index (χ4n) is 2.39. The first kappa shape index (κ1) is 15.3. The molecule has 2 rings (SSSR count). The zero-order valence-corrected chi connectivity index (χ0v) is 11.3. The fourth-order valence-corrected chi connectivity index (χ4v) is 2.39. The maximum Gasteiger partial charge on any atom is 0.309 e. The van der Waals surface area contributed by atoms with Crippen LogP contribution in [0, 0.1) is 23.4 Å². The summed E-state index contributed by atoms with van der Waals surface area (Å²) < 4.78 is 45.4. The molecule has 1 aliphatic heterocycles. The number of aliphatic imine (C=N–C) groups is 1. The third kappa shape index (κ3) is 3.17. The first-order valence-electron chi connectivity index (χ1n) is 6.47. The molecule has 1 aromatic rings. The average Bonchev–Trinajstić information content (AvgIpc) is 2.43. The van der Waals surface area contributed by atoms with Crippen LogP contribution in [-0.2, 0) is 9.53 Å². The van der Waals surface area contributed by atoms with Crippen molar-refractivity contribution >= 4 is 11.9 Å². The Morgan fingerprint density at radius 3 is 2.62 bits per heavy atom. The number of hydrogen-bond donors (Lipinski definition) is 1. The smallest absolute Gasteiger partial charge is 0.309 e. The highest BCUT2D eigenvalue weighted by atomic mass is 19.2. The van der Waals surface area contributed by atoms with Gasteiger partial charge in [0.25, 0.3) is 0 Å². The van der Waals surface area contributed by atoms with Gasteiger partial charge >= 0.3 is 5.97 Å². The first-order valence-corrected chi connectivity index (χ1v) is 6.47. The number of halogens is 3. The summed E-state index contributed by atoms with van der Waals surface area (Å²) >= 11 is 0. The van der Waals surface area contributed by atoms with E-state index in [0.29, 0.717) is 24.6 Å². The standard InChI is InChI=1S/C14H14F3NO3/c1-2-21-13-4-7(9(6-18-13)14(19)20)8-3-11(16)12(17)5-10(8)15/h3,5,7,9H,2,4,6H2,1H3,(H,19,20)/t7-,9+/m1/s1. The Morgan fingerprint density at radius 2 is 2.00 bits per heavy atom. The summed E-state index contributed by atoms with van der Waals surface area (Å²) in [6.07, 6.45) is 0.0345. The van der Waals surface area contributed by atoms with Crippen molar-refractivity contribution in [2.75, 3.05) is 13.2 Å². The van der Waals surface area contributed by atoms with Gasteiger partial charge in [0, 0.05) is 18.4 Å². The van der Waals surface area contributed by atoms with Crippen molar-refractivity contribution in [2.45, 2.75) is 19.3 Å². The molecule has 2 atom stereocenters.